The normalized spacial score (nSPS) is 11.4. The molecule has 1 aromatic carbocycles. The van der Waals surface area contributed by atoms with E-state index in [0.29, 0.717) is 27.7 Å². The van der Waals surface area contributed by atoms with Crippen LogP contribution in [0, 0.1) is 22.7 Å². The van der Waals surface area contributed by atoms with Crippen molar-refractivity contribution in [2.75, 3.05) is 25.9 Å². The van der Waals surface area contributed by atoms with E-state index in [9.17, 15) is 24.9 Å². The van der Waals surface area contributed by atoms with Gasteiger partial charge in [0.05, 0.1) is 12.1 Å². The number of pyridine rings is 2. The Hall–Kier alpha value is -5.34. The second-order valence-electron chi connectivity index (χ2n) is 10.6. The monoisotopic (exact) mass is 630 g/mol. The van der Waals surface area contributed by atoms with Crippen molar-refractivity contribution in [3.8, 4) is 29.0 Å². The number of carbonyl (C=O) groups is 3. The topological polar surface area (TPSA) is 205 Å². The summed E-state index contributed by atoms with van der Waals surface area (Å²) < 4.78 is 10.9. The van der Waals surface area contributed by atoms with Crippen molar-refractivity contribution < 1.29 is 23.9 Å². The zero-order chi connectivity index (χ0) is 33.1. The maximum absolute atomic E-state index is 12.3. The summed E-state index contributed by atoms with van der Waals surface area (Å²) in [5, 5.41) is 28.0. The number of nitrogens with one attached hydrogen (secondary N) is 3. The molecule has 0 saturated carbocycles. The molecule has 2 heterocycles. The Kier molecular flexibility index (Phi) is 11.7. The first kappa shape index (κ1) is 34.2. The third kappa shape index (κ3) is 9.58. The fraction of sp³-hybridized carbons (Fsp3) is 0.323. The largest absolute Gasteiger partial charge is 0.492 e. The minimum absolute atomic E-state index is 0.0127. The number of nitrogen functional groups attached to an aromatic ring is 1. The molecule has 3 aromatic rings. The number of nitrogens with zero attached hydrogens (tertiary/aromatic N) is 4. The average Bonchev–Trinajstić information content (AvgIpc) is 3.00. The molecule has 0 bridgehead atoms. The van der Waals surface area contributed by atoms with Crippen LogP contribution in [0.5, 0.6) is 5.75 Å². The fourth-order valence-corrected chi connectivity index (χ4v) is 4.86. The Balaban J connectivity index is 1.68. The number of rotatable bonds is 11. The van der Waals surface area contributed by atoms with Crippen molar-refractivity contribution in [1.29, 1.82) is 10.5 Å². The summed E-state index contributed by atoms with van der Waals surface area (Å²) in [4.78, 5) is 44.5. The SMILES string of the molecule is CNC(=O)c1cc(CSc2nc(N)c(C#N)c(-c3ccc(OCCNC(=O)[C@H](C)NC(=O)OC(C)(C)C)cc3)c2C#N)ccn1. The Morgan fingerprint density at radius 3 is 2.40 bits per heavy atom. The summed E-state index contributed by atoms with van der Waals surface area (Å²) in [7, 11) is 1.52. The van der Waals surface area contributed by atoms with Crippen molar-refractivity contribution in [3.63, 3.8) is 0 Å². The molecule has 234 valence electrons. The lowest BCUT2D eigenvalue weighted by atomic mass is 9.97. The number of anilines is 1. The lowest BCUT2D eigenvalue weighted by Gasteiger charge is -2.21. The van der Waals surface area contributed by atoms with Crippen LogP contribution in [0.2, 0.25) is 0 Å². The first-order chi connectivity index (χ1) is 21.4. The summed E-state index contributed by atoms with van der Waals surface area (Å²) in [6.45, 7) is 7.06. The number of amides is 3. The molecule has 0 saturated heterocycles. The van der Waals surface area contributed by atoms with E-state index >= 15 is 0 Å². The second-order valence-corrected chi connectivity index (χ2v) is 11.6. The Labute approximate surface area is 265 Å². The van der Waals surface area contributed by atoms with Crippen LogP contribution < -0.4 is 26.4 Å². The lowest BCUT2D eigenvalue weighted by Crippen LogP contribution is -2.47. The summed E-state index contributed by atoms with van der Waals surface area (Å²) in [5.74, 6) is 0.139. The smallest absolute Gasteiger partial charge is 0.408 e. The summed E-state index contributed by atoms with van der Waals surface area (Å²) in [5.41, 5.74) is 7.70. The standard InChI is InChI=1S/C31H34N8O5S/c1-18(38-30(42)44-31(2,3)4)27(40)37-12-13-43-21-8-6-20(7-9-21)25-22(15-32)26(34)39-29(23(25)16-33)45-17-19-10-11-36-24(14-19)28(41)35-5/h6-11,14,18H,12-13,17H2,1-5H3,(H2,34,39)(H,35,41)(H,37,40)(H,38,42)/t18-/m0/s1. The van der Waals surface area contributed by atoms with Gasteiger partial charge in [0.25, 0.3) is 5.91 Å². The molecule has 0 radical (unpaired) electrons. The molecule has 0 spiro atoms. The molecule has 0 fully saturated rings. The minimum atomic E-state index is -0.802. The van der Waals surface area contributed by atoms with E-state index in [1.54, 1.807) is 64.1 Å². The van der Waals surface area contributed by atoms with Crippen molar-refractivity contribution in [2.24, 2.45) is 0 Å². The molecule has 5 N–H and O–H groups in total. The predicted octanol–water partition coefficient (Wildman–Crippen LogP) is 3.53. The van der Waals surface area contributed by atoms with Gasteiger partial charge >= 0.3 is 6.09 Å². The quantitative estimate of drug-likeness (QED) is 0.178. The molecule has 0 aliphatic heterocycles. The van der Waals surface area contributed by atoms with Gasteiger partial charge in [0.2, 0.25) is 5.91 Å². The van der Waals surface area contributed by atoms with Crippen LogP contribution in [0.25, 0.3) is 11.1 Å². The Bertz CT molecular complexity index is 1640. The fourth-order valence-electron chi connectivity index (χ4n) is 3.92. The molecule has 45 heavy (non-hydrogen) atoms. The van der Waals surface area contributed by atoms with Gasteiger partial charge in [-0.2, -0.15) is 10.5 Å². The van der Waals surface area contributed by atoms with Gasteiger partial charge in [-0.15, -0.1) is 11.8 Å². The van der Waals surface area contributed by atoms with Crippen molar-refractivity contribution in [1.82, 2.24) is 25.9 Å². The molecule has 3 rings (SSSR count). The van der Waals surface area contributed by atoms with E-state index in [0.717, 1.165) is 5.56 Å². The molecule has 1 atom stereocenters. The Morgan fingerprint density at radius 2 is 1.78 bits per heavy atom. The molecule has 2 aromatic heterocycles. The number of benzene rings is 1. The maximum atomic E-state index is 12.3. The molecular weight excluding hydrogens is 596 g/mol. The highest BCUT2D eigenvalue weighted by atomic mass is 32.2. The highest BCUT2D eigenvalue weighted by Crippen LogP contribution is 2.37. The zero-order valence-corrected chi connectivity index (χ0v) is 26.4. The Morgan fingerprint density at radius 1 is 1.09 bits per heavy atom. The number of nitriles is 2. The van der Waals surface area contributed by atoms with Gasteiger partial charge in [-0.25, -0.2) is 9.78 Å². The van der Waals surface area contributed by atoms with Crippen LogP contribution >= 0.6 is 11.8 Å². The van der Waals surface area contributed by atoms with Crippen LogP contribution in [0.1, 0.15) is 54.9 Å². The van der Waals surface area contributed by atoms with Gasteiger partial charge in [0, 0.05) is 24.6 Å². The number of hydrogen-bond acceptors (Lipinski definition) is 11. The van der Waals surface area contributed by atoms with E-state index < -0.39 is 23.6 Å². The van der Waals surface area contributed by atoms with Gasteiger partial charge in [-0.3, -0.25) is 14.6 Å². The van der Waals surface area contributed by atoms with Gasteiger partial charge in [0.1, 0.15) is 58.2 Å². The summed E-state index contributed by atoms with van der Waals surface area (Å²) >= 11 is 1.25. The lowest BCUT2D eigenvalue weighted by molar-refractivity contribution is -0.122. The van der Waals surface area contributed by atoms with E-state index in [-0.39, 0.29) is 41.7 Å². The van der Waals surface area contributed by atoms with Gasteiger partial charge in [0.15, 0.2) is 0 Å². The van der Waals surface area contributed by atoms with E-state index in [1.165, 1.54) is 25.0 Å². The number of aromatic nitrogens is 2. The molecule has 14 heteroatoms. The van der Waals surface area contributed by atoms with E-state index in [1.807, 2.05) is 0 Å². The number of carbonyl (C=O) groups excluding carboxylic acids is 3. The zero-order valence-electron chi connectivity index (χ0n) is 25.6. The molecular formula is C31H34N8O5S. The van der Waals surface area contributed by atoms with Crippen molar-refractivity contribution in [2.45, 2.75) is 50.1 Å². The highest BCUT2D eigenvalue weighted by Gasteiger charge is 2.22. The third-order valence-electron chi connectivity index (χ3n) is 6.01. The maximum Gasteiger partial charge on any atom is 0.408 e. The second kappa shape index (κ2) is 15.4. The highest BCUT2D eigenvalue weighted by molar-refractivity contribution is 7.98. The first-order valence-corrected chi connectivity index (χ1v) is 14.8. The van der Waals surface area contributed by atoms with Gasteiger partial charge in [-0.1, -0.05) is 12.1 Å². The van der Waals surface area contributed by atoms with Crippen LogP contribution in [0.4, 0.5) is 10.6 Å². The number of nitrogens with two attached hydrogens (primary N) is 1. The van der Waals surface area contributed by atoms with Crippen LogP contribution in [0.15, 0.2) is 47.6 Å². The number of hydrogen-bond donors (Lipinski definition) is 4. The minimum Gasteiger partial charge on any atom is -0.492 e. The average molecular weight is 631 g/mol. The van der Waals surface area contributed by atoms with Crippen LogP contribution in [0.3, 0.4) is 0 Å². The summed E-state index contributed by atoms with van der Waals surface area (Å²) in [6.07, 6.45) is 0.840. The number of thioether (sulfide) groups is 1. The van der Waals surface area contributed by atoms with Crippen molar-refractivity contribution >= 4 is 35.5 Å². The molecule has 0 aliphatic rings. The van der Waals surface area contributed by atoms with Crippen LogP contribution in [-0.4, -0.2) is 59.7 Å². The number of ether oxygens (including phenoxy) is 2. The summed E-state index contributed by atoms with van der Waals surface area (Å²) in [6, 6.07) is 13.6. The molecule has 13 nitrogen and oxygen atoms in total. The molecule has 0 unspecified atom stereocenters. The molecule has 3 amide bonds. The van der Waals surface area contributed by atoms with E-state index in [4.69, 9.17) is 15.2 Å². The first-order valence-electron chi connectivity index (χ1n) is 13.8. The van der Waals surface area contributed by atoms with Gasteiger partial charge < -0.3 is 31.2 Å². The third-order valence-corrected chi connectivity index (χ3v) is 7.06. The van der Waals surface area contributed by atoms with Crippen molar-refractivity contribution in [3.05, 3.63) is 65.0 Å². The number of alkyl carbamates (subject to hydrolysis) is 1. The predicted molar refractivity (Wildman–Crippen MR) is 168 cm³/mol. The molecule has 0 aliphatic carbocycles. The van der Waals surface area contributed by atoms with Crippen LogP contribution in [-0.2, 0) is 15.3 Å². The van der Waals surface area contributed by atoms with Gasteiger partial charge in [-0.05, 0) is 63.1 Å². The van der Waals surface area contributed by atoms with E-state index in [2.05, 4.69) is 38.1 Å².